The molecule has 1 fully saturated rings. The van der Waals surface area contributed by atoms with E-state index in [2.05, 4.69) is 37.3 Å². The molecule has 1 N–H and O–H groups in total. The van der Waals surface area contributed by atoms with Crippen molar-refractivity contribution < 1.29 is 0 Å². The summed E-state index contributed by atoms with van der Waals surface area (Å²) in [6.07, 6.45) is 0. The van der Waals surface area contributed by atoms with Crippen LogP contribution in [0.2, 0.25) is 0 Å². The minimum Gasteiger partial charge on any atom is -0.315 e. The number of nitrogens with one attached hydrogen (secondary N) is 1. The fourth-order valence-corrected chi connectivity index (χ4v) is 2.20. The van der Waals surface area contributed by atoms with Crippen molar-refractivity contribution in [3.8, 4) is 0 Å². The van der Waals surface area contributed by atoms with Gasteiger partial charge in [0.1, 0.15) is 0 Å². The van der Waals surface area contributed by atoms with E-state index in [9.17, 15) is 0 Å². The van der Waals surface area contributed by atoms with Gasteiger partial charge in [-0.1, -0.05) is 13.8 Å². The normalized spacial score (nSPS) is 25.6. The fraction of sp³-hybridized carbons (Fsp3) is 0.727. The molecule has 0 saturated carbocycles. The van der Waals surface area contributed by atoms with Gasteiger partial charge in [-0.25, -0.2) is 0 Å². The Morgan fingerprint density at radius 2 is 2.29 bits per heavy atom. The molecule has 14 heavy (non-hydrogen) atoms. The number of nitrogens with zero attached hydrogens (tertiary/aromatic N) is 2. The monoisotopic (exact) mass is 193 g/mol. The van der Waals surface area contributed by atoms with Crippen LogP contribution in [0.5, 0.6) is 0 Å². The zero-order valence-electron chi connectivity index (χ0n) is 9.46. The molecule has 1 saturated heterocycles. The number of rotatable bonds is 1. The summed E-state index contributed by atoms with van der Waals surface area (Å²) in [5.41, 5.74) is 2.81. The van der Waals surface area contributed by atoms with Crippen molar-refractivity contribution in [3.05, 3.63) is 17.5 Å². The second-order valence-electron chi connectivity index (χ2n) is 5.01. The van der Waals surface area contributed by atoms with Gasteiger partial charge in [0.15, 0.2) is 0 Å². The summed E-state index contributed by atoms with van der Waals surface area (Å²) in [6, 6.07) is 2.21. The quantitative estimate of drug-likeness (QED) is 0.731. The molecular formula is C11H19N3. The van der Waals surface area contributed by atoms with E-state index >= 15 is 0 Å². The van der Waals surface area contributed by atoms with E-state index in [0.29, 0.717) is 11.3 Å². The maximum Gasteiger partial charge on any atom is 0.0676 e. The minimum atomic E-state index is 0.334. The first-order valence-electron chi connectivity index (χ1n) is 5.22. The Labute approximate surface area is 85.5 Å². The first-order chi connectivity index (χ1) is 6.50. The number of hydrogen-bond acceptors (Lipinski definition) is 2. The van der Waals surface area contributed by atoms with E-state index in [1.54, 1.807) is 0 Å². The maximum atomic E-state index is 4.56. The molecule has 1 aliphatic heterocycles. The summed E-state index contributed by atoms with van der Waals surface area (Å²) in [4.78, 5) is 0. The highest BCUT2D eigenvalue weighted by Gasteiger charge is 2.36. The van der Waals surface area contributed by atoms with Crippen molar-refractivity contribution in [1.82, 2.24) is 15.1 Å². The minimum absolute atomic E-state index is 0.334. The van der Waals surface area contributed by atoms with Crippen LogP contribution in [0, 0.1) is 12.3 Å². The standard InChI is InChI=1S/C11H19N3/c1-8-5-10(13-14(8)4)9-6-12-7-11(9,2)3/h5,9,12H,6-7H2,1-4H3. The van der Waals surface area contributed by atoms with Crippen LogP contribution < -0.4 is 5.32 Å². The van der Waals surface area contributed by atoms with Crippen LogP contribution in [0.15, 0.2) is 6.07 Å². The van der Waals surface area contributed by atoms with Crippen LogP contribution in [-0.2, 0) is 7.05 Å². The Hall–Kier alpha value is -0.830. The van der Waals surface area contributed by atoms with Gasteiger partial charge < -0.3 is 5.32 Å². The van der Waals surface area contributed by atoms with Crippen LogP contribution in [-0.4, -0.2) is 22.9 Å². The Morgan fingerprint density at radius 3 is 2.71 bits per heavy atom. The average Bonchev–Trinajstić information content (AvgIpc) is 2.56. The van der Waals surface area contributed by atoms with Crippen LogP contribution in [0.1, 0.15) is 31.2 Å². The molecule has 0 bridgehead atoms. The van der Waals surface area contributed by atoms with Crippen LogP contribution in [0.25, 0.3) is 0 Å². The summed E-state index contributed by atoms with van der Waals surface area (Å²) in [5, 5.41) is 8.01. The van der Waals surface area contributed by atoms with E-state index < -0.39 is 0 Å². The van der Waals surface area contributed by atoms with E-state index in [4.69, 9.17) is 0 Å². The van der Waals surface area contributed by atoms with Crippen molar-refractivity contribution in [1.29, 1.82) is 0 Å². The maximum absolute atomic E-state index is 4.56. The third-order valence-electron chi connectivity index (χ3n) is 3.36. The molecule has 2 heterocycles. The van der Waals surface area contributed by atoms with Crippen LogP contribution >= 0.6 is 0 Å². The third kappa shape index (κ3) is 1.46. The molecule has 0 spiro atoms. The molecule has 1 aliphatic rings. The van der Waals surface area contributed by atoms with Crippen molar-refractivity contribution in [3.63, 3.8) is 0 Å². The Morgan fingerprint density at radius 1 is 1.57 bits per heavy atom. The van der Waals surface area contributed by atoms with Gasteiger partial charge in [-0.05, 0) is 18.4 Å². The van der Waals surface area contributed by atoms with E-state index in [1.807, 2.05) is 11.7 Å². The Kier molecular flexibility index (Phi) is 2.14. The lowest BCUT2D eigenvalue weighted by Gasteiger charge is -2.23. The van der Waals surface area contributed by atoms with E-state index in [1.165, 1.54) is 11.4 Å². The first kappa shape index (κ1) is 9.71. The topological polar surface area (TPSA) is 29.9 Å². The molecule has 1 aromatic heterocycles. The SMILES string of the molecule is Cc1cc(C2CNCC2(C)C)nn1C. The largest absolute Gasteiger partial charge is 0.315 e. The van der Waals surface area contributed by atoms with Gasteiger partial charge in [-0.3, -0.25) is 4.68 Å². The zero-order valence-corrected chi connectivity index (χ0v) is 9.46. The highest BCUT2D eigenvalue weighted by molar-refractivity contribution is 5.18. The van der Waals surface area contributed by atoms with E-state index in [0.717, 1.165) is 13.1 Å². The average molecular weight is 193 g/mol. The summed E-state index contributed by atoms with van der Waals surface area (Å²) in [5.74, 6) is 0.558. The summed E-state index contributed by atoms with van der Waals surface area (Å²) in [6.45, 7) is 8.87. The highest BCUT2D eigenvalue weighted by atomic mass is 15.3. The lowest BCUT2D eigenvalue weighted by Crippen LogP contribution is -2.21. The molecule has 0 amide bonds. The molecule has 0 radical (unpaired) electrons. The van der Waals surface area contributed by atoms with Crippen molar-refractivity contribution in [2.75, 3.05) is 13.1 Å². The second kappa shape index (κ2) is 3.09. The van der Waals surface area contributed by atoms with Gasteiger partial charge in [0, 0.05) is 31.7 Å². The van der Waals surface area contributed by atoms with Gasteiger partial charge in [0.25, 0.3) is 0 Å². The van der Waals surface area contributed by atoms with Crippen LogP contribution in [0.4, 0.5) is 0 Å². The van der Waals surface area contributed by atoms with Gasteiger partial charge in [0.2, 0.25) is 0 Å². The second-order valence-corrected chi connectivity index (χ2v) is 5.01. The lowest BCUT2D eigenvalue weighted by molar-refractivity contribution is 0.356. The van der Waals surface area contributed by atoms with Crippen molar-refractivity contribution >= 4 is 0 Å². The molecule has 78 valence electrons. The summed E-state index contributed by atoms with van der Waals surface area (Å²) < 4.78 is 1.96. The number of hydrogen-bond donors (Lipinski definition) is 1. The molecule has 0 aliphatic carbocycles. The predicted molar refractivity (Wildman–Crippen MR) is 57.3 cm³/mol. The molecule has 0 aromatic carbocycles. The summed E-state index contributed by atoms with van der Waals surface area (Å²) >= 11 is 0. The van der Waals surface area contributed by atoms with Crippen molar-refractivity contribution in [2.24, 2.45) is 12.5 Å². The Balaban J connectivity index is 2.31. The molecule has 1 aromatic rings. The smallest absolute Gasteiger partial charge is 0.0676 e. The number of aromatic nitrogens is 2. The predicted octanol–water partition coefficient (Wildman–Crippen LogP) is 1.44. The highest BCUT2D eigenvalue weighted by Crippen LogP contribution is 2.37. The number of aryl methyl sites for hydroxylation is 2. The molecule has 3 heteroatoms. The molecule has 1 unspecified atom stereocenters. The first-order valence-corrected chi connectivity index (χ1v) is 5.22. The van der Waals surface area contributed by atoms with Gasteiger partial charge in [0.05, 0.1) is 5.69 Å². The molecule has 3 nitrogen and oxygen atoms in total. The van der Waals surface area contributed by atoms with Crippen molar-refractivity contribution in [2.45, 2.75) is 26.7 Å². The van der Waals surface area contributed by atoms with Crippen LogP contribution in [0.3, 0.4) is 0 Å². The zero-order chi connectivity index (χ0) is 10.3. The molecular weight excluding hydrogens is 174 g/mol. The van der Waals surface area contributed by atoms with Gasteiger partial charge in [-0.15, -0.1) is 0 Å². The Bertz CT molecular complexity index is 319. The van der Waals surface area contributed by atoms with E-state index in [-0.39, 0.29) is 0 Å². The molecule has 1 atom stereocenters. The summed E-state index contributed by atoms with van der Waals surface area (Å²) in [7, 11) is 2.01. The van der Waals surface area contributed by atoms with Gasteiger partial charge >= 0.3 is 0 Å². The lowest BCUT2D eigenvalue weighted by atomic mass is 9.80. The molecule has 2 rings (SSSR count). The van der Waals surface area contributed by atoms with Gasteiger partial charge in [-0.2, -0.15) is 5.10 Å². The third-order valence-corrected chi connectivity index (χ3v) is 3.36. The fourth-order valence-electron chi connectivity index (χ4n) is 2.20.